The van der Waals surface area contributed by atoms with E-state index < -0.39 is 0 Å². The average molecular weight is 423 g/mol. The fourth-order valence-electron chi connectivity index (χ4n) is 3.33. The number of rotatable bonds is 6. The number of fused-ring (bicyclic) bond motifs is 1. The molecule has 1 aromatic carbocycles. The number of carbonyl (C=O) groups excluding carboxylic acids is 1. The van der Waals surface area contributed by atoms with Crippen LogP contribution in [0.4, 0.5) is 5.13 Å². The van der Waals surface area contributed by atoms with Crippen molar-refractivity contribution < 1.29 is 9.53 Å². The van der Waals surface area contributed by atoms with E-state index in [4.69, 9.17) is 4.74 Å². The van der Waals surface area contributed by atoms with E-state index in [1.165, 1.54) is 11.3 Å². The molecule has 1 amide bonds. The highest BCUT2D eigenvalue weighted by molar-refractivity contribution is 7.15. The molecule has 0 unspecified atom stereocenters. The standard InChI is InChI=1S/C21H22N6O2S/c1-12-10-13(2)27(26-12)9-8-18-24-25-21(30-18)23-20(28)16-11-15-6-5-7-17(29-4)19(15)22-14(16)3/h5-7,10-11H,8-9H2,1-4H3,(H,23,25,28). The van der Waals surface area contributed by atoms with Crippen molar-refractivity contribution in [2.24, 2.45) is 0 Å². The molecule has 154 valence electrons. The maximum atomic E-state index is 12.8. The number of hydrogen-bond acceptors (Lipinski definition) is 7. The molecule has 3 aromatic heterocycles. The van der Waals surface area contributed by atoms with Gasteiger partial charge in [-0.3, -0.25) is 14.8 Å². The molecule has 4 aromatic rings. The number of hydrogen-bond donors (Lipinski definition) is 1. The van der Waals surface area contributed by atoms with Gasteiger partial charge in [-0.1, -0.05) is 23.5 Å². The summed E-state index contributed by atoms with van der Waals surface area (Å²) >= 11 is 1.37. The Bertz CT molecular complexity index is 1230. The number of benzene rings is 1. The number of nitrogens with zero attached hydrogens (tertiary/aromatic N) is 5. The smallest absolute Gasteiger partial charge is 0.259 e. The van der Waals surface area contributed by atoms with E-state index in [1.807, 2.05) is 48.9 Å². The minimum atomic E-state index is -0.258. The molecule has 0 aliphatic rings. The first-order valence-corrected chi connectivity index (χ1v) is 10.4. The van der Waals surface area contributed by atoms with Crippen LogP contribution in [0.25, 0.3) is 10.9 Å². The van der Waals surface area contributed by atoms with Crippen molar-refractivity contribution in [1.29, 1.82) is 0 Å². The first-order chi connectivity index (χ1) is 14.4. The largest absolute Gasteiger partial charge is 0.494 e. The van der Waals surface area contributed by atoms with Crippen molar-refractivity contribution in [3.05, 3.63) is 58.0 Å². The van der Waals surface area contributed by atoms with Crippen LogP contribution in [0.15, 0.2) is 30.3 Å². The fourth-order valence-corrected chi connectivity index (χ4v) is 4.05. The molecule has 0 bridgehead atoms. The number of amides is 1. The molecular weight excluding hydrogens is 400 g/mol. The van der Waals surface area contributed by atoms with E-state index in [-0.39, 0.29) is 5.91 Å². The third-order valence-corrected chi connectivity index (χ3v) is 5.69. The Morgan fingerprint density at radius 1 is 1.20 bits per heavy atom. The third-order valence-electron chi connectivity index (χ3n) is 4.79. The van der Waals surface area contributed by atoms with Gasteiger partial charge in [-0.2, -0.15) is 5.10 Å². The van der Waals surface area contributed by atoms with Crippen LogP contribution in [0.3, 0.4) is 0 Å². The summed E-state index contributed by atoms with van der Waals surface area (Å²) in [4.78, 5) is 17.4. The zero-order valence-electron chi connectivity index (χ0n) is 17.3. The van der Waals surface area contributed by atoms with Gasteiger partial charge in [0.2, 0.25) is 5.13 Å². The Morgan fingerprint density at radius 2 is 2.03 bits per heavy atom. The molecule has 0 aliphatic carbocycles. The van der Waals surface area contributed by atoms with Crippen LogP contribution in [0, 0.1) is 20.8 Å². The molecule has 0 aliphatic heterocycles. The molecule has 3 heterocycles. The summed E-state index contributed by atoms with van der Waals surface area (Å²) in [5, 5.41) is 17.7. The number of nitrogens with one attached hydrogen (secondary N) is 1. The van der Waals surface area contributed by atoms with E-state index in [0.717, 1.165) is 33.8 Å². The van der Waals surface area contributed by atoms with Crippen molar-refractivity contribution >= 4 is 33.3 Å². The monoisotopic (exact) mass is 422 g/mol. The second kappa shape index (κ2) is 8.19. The van der Waals surface area contributed by atoms with Crippen LogP contribution < -0.4 is 10.1 Å². The molecule has 0 saturated carbocycles. The van der Waals surface area contributed by atoms with Gasteiger partial charge in [0.25, 0.3) is 5.91 Å². The number of aryl methyl sites for hydroxylation is 5. The number of para-hydroxylation sites is 1. The lowest BCUT2D eigenvalue weighted by molar-refractivity contribution is 0.102. The third kappa shape index (κ3) is 4.02. The Balaban J connectivity index is 1.48. The van der Waals surface area contributed by atoms with Crippen LogP contribution in [-0.4, -0.2) is 38.0 Å². The quantitative estimate of drug-likeness (QED) is 0.509. The van der Waals surface area contributed by atoms with Gasteiger partial charge >= 0.3 is 0 Å². The number of methoxy groups -OCH3 is 1. The van der Waals surface area contributed by atoms with Crippen LogP contribution in [0.5, 0.6) is 5.75 Å². The topological polar surface area (TPSA) is 94.8 Å². The molecular formula is C21H22N6O2S. The number of pyridine rings is 1. The zero-order valence-corrected chi connectivity index (χ0v) is 18.1. The number of anilines is 1. The second-order valence-electron chi connectivity index (χ2n) is 7.01. The normalized spacial score (nSPS) is 11.1. The summed E-state index contributed by atoms with van der Waals surface area (Å²) in [6, 6.07) is 9.49. The number of carbonyl (C=O) groups is 1. The summed E-state index contributed by atoms with van der Waals surface area (Å²) in [5.41, 5.74) is 3.96. The molecule has 0 atom stereocenters. The molecule has 1 N–H and O–H groups in total. The van der Waals surface area contributed by atoms with Crippen LogP contribution in [-0.2, 0) is 13.0 Å². The fraction of sp³-hybridized carbons (Fsp3) is 0.286. The molecule has 0 fully saturated rings. The molecule has 8 nitrogen and oxygen atoms in total. The molecule has 0 saturated heterocycles. The van der Waals surface area contributed by atoms with Gasteiger partial charge in [0.1, 0.15) is 16.3 Å². The van der Waals surface area contributed by atoms with Crippen LogP contribution >= 0.6 is 11.3 Å². The van der Waals surface area contributed by atoms with Crippen molar-refractivity contribution in [3.63, 3.8) is 0 Å². The molecule has 30 heavy (non-hydrogen) atoms. The van der Waals surface area contributed by atoms with Gasteiger partial charge in [-0.25, -0.2) is 4.98 Å². The number of ether oxygens (including phenoxy) is 1. The average Bonchev–Trinajstić information content (AvgIpc) is 3.30. The van der Waals surface area contributed by atoms with E-state index in [9.17, 15) is 4.79 Å². The highest BCUT2D eigenvalue weighted by Crippen LogP contribution is 2.26. The summed E-state index contributed by atoms with van der Waals surface area (Å²) in [5.74, 6) is 0.421. The van der Waals surface area contributed by atoms with Crippen LogP contribution in [0.2, 0.25) is 0 Å². The minimum Gasteiger partial charge on any atom is -0.494 e. The Labute approximate surface area is 177 Å². The van der Waals surface area contributed by atoms with E-state index in [2.05, 4.69) is 25.6 Å². The van der Waals surface area contributed by atoms with Gasteiger partial charge in [0.05, 0.1) is 24.1 Å². The lowest BCUT2D eigenvalue weighted by Crippen LogP contribution is -2.14. The van der Waals surface area contributed by atoms with Crippen molar-refractivity contribution in [1.82, 2.24) is 25.0 Å². The van der Waals surface area contributed by atoms with Crippen molar-refractivity contribution in [2.75, 3.05) is 12.4 Å². The summed E-state index contributed by atoms with van der Waals surface area (Å²) in [6.45, 7) is 6.53. The SMILES string of the molecule is COc1cccc2cc(C(=O)Nc3nnc(CCn4nc(C)cc4C)s3)c(C)nc12. The summed E-state index contributed by atoms with van der Waals surface area (Å²) < 4.78 is 7.31. The molecule has 9 heteroatoms. The van der Waals surface area contributed by atoms with Gasteiger partial charge in [-0.05, 0) is 39.0 Å². The summed E-state index contributed by atoms with van der Waals surface area (Å²) in [6.07, 6.45) is 0.700. The Kier molecular flexibility index (Phi) is 5.45. The van der Waals surface area contributed by atoms with Crippen molar-refractivity contribution in [3.8, 4) is 5.75 Å². The predicted octanol–water partition coefficient (Wildman–Crippen LogP) is 3.71. The highest BCUT2D eigenvalue weighted by Gasteiger charge is 2.16. The van der Waals surface area contributed by atoms with Gasteiger partial charge < -0.3 is 4.74 Å². The first kappa shape index (κ1) is 20.0. The van der Waals surface area contributed by atoms with Crippen LogP contribution in [0.1, 0.15) is 32.4 Å². The maximum absolute atomic E-state index is 12.8. The molecule has 0 spiro atoms. The predicted molar refractivity (Wildman–Crippen MR) is 116 cm³/mol. The van der Waals surface area contributed by atoms with Crippen molar-refractivity contribution in [2.45, 2.75) is 33.7 Å². The Morgan fingerprint density at radius 3 is 2.77 bits per heavy atom. The van der Waals surface area contributed by atoms with Gasteiger partial charge in [0, 0.05) is 24.0 Å². The lowest BCUT2D eigenvalue weighted by Gasteiger charge is -2.09. The van der Waals surface area contributed by atoms with Gasteiger partial charge in [-0.15, -0.1) is 10.2 Å². The second-order valence-corrected chi connectivity index (χ2v) is 8.07. The molecule has 4 rings (SSSR count). The first-order valence-electron chi connectivity index (χ1n) is 9.53. The van der Waals surface area contributed by atoms with E-state index in [1.54, 1.807) is 14.0 Å². The van der Waals surface area contributed by atoms with E-state index in [0.29, 0.717) is 28.6 Å². The lowest BCUT2D eigenvalue weighted by atomic mass is 10.1. The van der Waals surface area contributed by atoms with E-state index >= 15 is 0 Å². The highest BCUT2D eigenvalue weighted by atomic mass is 32.1. The Hall–Kier alpha value is -3.33. The van der Waals surface area contributed by atoms with Gasteiger partial charge in [0.15, 0.2) is 0 Å². The maximum Gasteiger partial charge on any atom is 0.259 e. The number of aromatic nitrogens is 5. The molecule has 0 radical (unpaired) electrons. The summed E-state index contributed by atoms with van der Waals surface area (Å²) in [7, 11) is 1.61. The minimum absolute atomic E-state index is 0.258. The zero-order chi connectivity index (χ0) is 21.3.